The first kappa shape index (κ1) is 12.9. The van der Waals surface area contributed by atoms with Crippen LogP contribution in [-0.4, -0.2) is 43.0 Å². The molecule has 0 saturated carbocycles. The Bertz CT molecular complexity index is 384. The summed E-state index contributed by atoms with van der Waals surface area (Å²) in [5.74, 6) is -1.27. The number of carbonyl (C=O) groups is 1. The molecule has 0 spiro atoms. The number of rotatable bonds is 4. The van der Waals surface area contributed by atoms with Gasteiger partial charge in [-0.25, -0.2) is 9.37 Å². The van der Waals surface area contributed by atoms with Crippen LogP contribution < -0.4 is 5.32 Å². The zero-order valence-electron chi connectivity index (χ0n) is 9.13. The van der Waals surface area contributed by atoms with Crippen LogP contribution in [0.5, 0.6) is 0 Å². The van der Waals surface area contributed by atoms with Gasteiger partial charge in [-0.15, -0.1) is 0 Å². The molecule has 0 fully saturated rings. The molecular formula is C10H13ClFN3O. The summed E-state index contributed by atoms with van der Waals surface area (Å²) in [4.78, 5) is 17.0. The van der Waals surface area contributed by atoms with Gasteiger partial charge in [-0.2, -0.15) is 0 Å². The summed E-state index contributed by atoms with van der Waals surface area (Å²) in [7, 11) is 3.77. The standard InChI is InChI=1S/C10H13ClFN3O/c1-15(2)6-5-14-10(16)7-3-4-13-9(11)8(7)12/h3-4H,5-6H2,1-2H3,(H,14,16). The van der Waals surface area contributed by atoms with Gasteiger partial charge in [0.1, 0.15) is 0 Å². The average Bonchev–Trinajstić information content (AvgIpc) is 2.21. The van der Waals surface area contributed by atoms with Crippen LogP contribution in [0.2, 0.25) is 5.15 Å². The Hall–Kier alpha value is -1.20. The molecule has 0 saturated heterocycles. The monoisotopic (exact) mass is 245 g/mol. The van der Waals surface area contributed by atoms with Crippen LogP contribution in [-0.2, 0) is 0 Å². The zero-order chi connectivity index (χ0) is 12.1. The Morgan fingerprint density at radius 1 is 1.62 bits per heavy atom. The van der Waals surface area contributed by atoms with Crippen molar-refractivity contribution in [3.8, 4) is 0 Å². The molecule has 6 heteroatoms. The predicted octanol–water partition coefficient (Wildman–Crippen LogP) is 1.17. The van der Waals surface area contributed by atoms with Crippen molar-refractivity contribution in [3.63, 3.8) is 0 Å². The van der Waals surface area contributed by atoms with E-state index >= 15 is 0 Å². The Balaban J connectivity index is 2.63. The Morgan fingerprint density at radius 2 is 2.31 bits per heavy atom. The third kappa shape index (κ3) is 3.43. The molecule has 0 atom stereocenters. The van der Waals surface area contributed by atoms with Crippen molar-refractivity contribution >= 4 is 17.5 Å². The summed E-state index contributed by atoms with van der Waals surface area (Å²) in [6, 6.07) is 1.30. The van der Waals surface area contributed by atoms with Gasteiger partial charge < -0.3 is 10.2 Å². The van der Waals surface area contributed by atoms with Gasteiger partial charge in [0.25, 0.3) is 5.91 Å². The fourth-order valence-electron chi connectivity index (χ4n) is 1.08. The summed E-state index contributed by atoms with van der Waals surface area (Å²) in [5.41, 5.74) is -0.0845. The quantitative estimate of drug-likeness (QED) is 0.810. The van der Waals surface area contributed by atoms with Gasteiger partial charge in [0, 0.05) is 19.3 Å². The molecule has 0 unspecified atom stereocenters. The van der Waals surface area contributed by atoms with Gasteiger partial charge in [0.2, 0.25) is 0 Å². The maximum absolute atomic E-state index is 13.4. The highest BCUT2D eigenvalue weighted by atomic mass is 35.5. The number of nitrogens with zero attached hydrogens (tertiary/aromatic N) is 2. The number of halogens is 2. The maximum atomic E-state index is 13.4. The van der Waals surface area contributed by atoms with Gasteiger partial charge >= 0.3 is 0 Å². The minimum absolute atomic E-state index is 0.0845. The Morgan fingerprint density at radius 3 is 2.94 bits per heavy atom. The molecule has 1 heterocycles. The van der Waals surface area contributed by atoms with Crippen LogP contribution in [0.3, 0.4) is 0 Å². The summed E-state index contributed by atoms with van der Waals surface area (Å²) >= 11 is 5.47. The van der Waals surface area contributed by atoms with E-state index in [1.807, 2.05) is 19.0 Å². The van der Waals surface area contributed by atoms with Crippen LogP contribution >= 0.6 is 11.6 Å². The molecule has 1 rings (SSSR count). The molecule has 16 heavy (non-hydrogen) atoms. The number of nitrogens with one attached hydrogen (secondary N) is 1. The summed E-state index contributed by atoms with van der Waals surface area (Å²) in [6.07, 6.45) is 1.30. The molecule has 1 amide bonds. The molecule has 0 bridgehead atoms. The first-order valence-corrected chi connectivity index (χ1v) is 5.13. The first-order valence-electron chi connectivity index (χ1n) is 4.75. The van der Waals surface area contributed by atoms with Crippen LogP contribution in [0.25, 0.3) is 0 Å². The van der Waals surface area contributed by atoms with E-state index in [-0.39, 0.29) is 10.7 Å². The van der Waals surface area contributed by atoms with Crippen molar-refractivity contribution in [2.75, 3.05) is 27.2 Å². The SMILES string of the molecule is CN(C)CCNC(=O)c1ccnc(Cl)c1F. The van der Waals surface area contributed by atoms with Crippen molar-refractivity contribution < 1.29 is 9.18 Å². The van der Waals surface area contributed by atoms with E-state index in [1.54, 1.807) is 0 Å². The van der Waals surface area contributed by atoms with E-state index in [0.29, 0.717) is 13.1 Å². The molecule has 88 valence electrons. The number of amides is 1. The van der Waals surface area contributed by atoms with Crippen LogP contribution in [0, 0.1) is 5.82 Å². The molecule has 0 aliphatic heterocycles. The molecule has 1 aromatic heterocycles. The first-order chi connectivity index (χ1) is 7.52. The predicted molar refractivity (Wildman–Crippen MR) is 60.1 cm³/mol. The number of hydrogen-bond donors (Lipinski definition) is 1. The molecule has 1 N–H and O–H groups in total. The molecule has 1 aromatic rings. The van der Waals surface area contributed by atoms with Crippen molar-refractivity contribution in [1.29, 1.82) is 0 Å². The average molecular weight is 246 g/mol. The third-order valence-electron chi connectivity index (χ3n) is 1.94. The fourth-order valence-corrected chi connectivity index (χ4v) is 1.24. The minimum Gasteiger partial charge on any atom is -0.351 e. The molecule has 0 radical (unpaired) electrons. The number of hydrogen-bond acceptors (Lipinski definition) is 3. The third-order valence-corrected chi connectivity index (χ3v) is 2.20. The molecular weight excluding hydrogens is 233 g/mol. The smallest absolute Gasteiger partial charge is 0.254 e. The highest BCUT2D eigenvalue weighted by Crippen LogP contribution is 2.14. The molecule has 0 aliphatic rings. The normalized spacial score (nSPS) is 10.6. The van der Waals surface area contributed by atoms with Crippen LogP contribution in [0.1, 0.15) is 10.4 Å². The van der Waals surface area contributed by atoms with Gasteiger partial charge in [-0.05, 0) is 20.2 Å². The lowest BCUT2D eigenvalue weighted by Crippen LogP contribution is -2.31. The van der Waals surface area contributed by atoms with E-state index in [2.05, 4.69) is 10.3 Å². The van der Waals surface area contributed by atoms with E-state index in [4.69, 9.17) is 11.6 Å². The summed E-state index contributed by atoms with van der Waals surface area (Å²) in [5, 5.41) is 2.30. The van der Waals surface area contributed by atoms with Crippen LogP contribution in [0.15, 0.2) is 12.3 Å². The Kier molecular flexibility index (Phi) is 4.64. The van der Waals surface area contributed by atoms with E-state index < -0.39 is 11.7 Å². The van der Waals surface area contributed by atoms with E-state index in [1.165, 1.54) is 12.3 Å². The van der Waals surface area contributed by atoms with E-state index in [0.717, 1.165) is 0 Å². The lowest BCUT2D eigenvalue weighted by molar-refractivity contribution is 0.0947. The lowest BCUT2D eigenvalue weighted by Gasteiger charge is -2.10. The van der Waals surface area contributed by atoms with Gasteiger partial charge in [0.15, 0.2) is 11.0 Å². The van der Waals surface area contributed by atoms with Crippen molar-refractivity contribution in [3.05, 3.63) is 28.8 Å². The molecule has 0 aliphatic carbocycles. The van der Waals surface area contributed by atoms with Gasteiger partial charge in [-0.1, -0.05) is 11.6 Å². The lowest BCUT2D eigenvalue weighted by atomic mass is 10.2. The van der Waals surface area contributed by atoms with E-state index in [9.17, 15) is 9.18 Å². The number of carbonyl (C=O) groups excluding carboxylic acids is 1. The highest BCUT2D eigenvalue weighted by Gasteiger charge is 2.14. The van der Waals surface area contributed by atoms with Gasteiger partial charge in [-0.3, -0.25) is 4.79 Å². The Labute approximate surface area is 98.4 Å². The second-order valence-electron chi connectivity index (χ2n) is 3.52. The van der Waals surface area contributed by atoms with Crippen molar-refractivity contribution in [1.82, 2.24) is 15.2 Å². The second-order valence-corrected chi connectivity index (χ2v) is 3.88. The summed E-state index contributed by atoms with van der Waals surface area (Å²) in [6.45, 7) is 1.14. The topological polar surface area (TPSA) is 45.2 Å². The zero-order valence-corrected chi connectivity index (χ0v) is 9.88. The second kappa shape index (κ2) is 5.77. The molecule has 0 aromatic carbocycles. The largest absolute Gasteiger partial charge is 0.351 e. The highest BCUT2D eigenvalue weighted by molar-refractivity contribution is 6.29. The summed E-state index contributed by atoms with van der Waals surface area (Å²) < 4.78 is 13.4. The number of pyridine rings is 1. The maximum Gasteiger partial charge on any atom is 0.254 e. The van der Waals surface area contributed by atoms with Crippen molar-refractivity contribution in [2.45, 2.75) is 0 Å². The number of likely N-dealkylation sites (N-methyl/N-ethyl adjacent to an activating group) is 1. The molecule has 4 nitrogen and oxygen atoms in total. The van der Waals surface area contributed by atoms with Crippen LogP contribution in [0.4, 0.5) is 4.39 Å². The minimum atomic E-state index is -0.786. The number of aromatic nitrogens is 1. The van der Waals surface area contributed by atoms with Crippen molar-refractivity contribution in [2.24, 2.45) is 0 Å². The van der Waals surface area contributed by atoms with Gasteiger partial charge in [0.05, 0.1) is 5.56 Å². The fraction of sp³-hybridized carbons (Fsp3) is 0.400.